The summed E-state index contributed by atoms with van der Waals surface area (Å²) in [6.45, 7) is 2.13. The summed E-state index contributed by atoms with van der Waals surface area (Å²) in [5, 5.41) is 0.911. The van der Waals surface area contributed by atoms with Crippen LogP contribution < -0.4 is 4.74 Å². The zero-order chi connectivity index (χ0) is 23.3. The molecule has 0 saturated heterocycles. The fourth-order valence-corrected chi connectivity index (χ4v) is 5.32. The van der Waals surface area contributed by atoms with E-state index in [4.69, 9.17) is 14.5 Å². The van der Waals surface area contributed by atoms with Gasteiger partial charge in [-0.3, -0.25) is 0 Å². The van der Waals surface area contributed by atoms with Crippen LogP contribution in [-0.4, -0.2) is 17.6 Å². The number of carbonyl (C=O) groups excluding carboxylic acids is 1. The molecule has 0 radical (unpaired) electrons. The zero-order valence-electron chi connectivity index (χ0n) is 18.9. The predicted octanol–water partition coefficient (Wildman–Crippen LogP) is 6.78. The number of esters is 1. The van der Waals surface area contributed by atoms with Crippen molar-refractivity contribution >= 4 is 17.3 Å². The highest BCUT2D eigenvalue weighted by atomic mass is 32.1. The Morgan fingerprint density at radius 1 is 0.971 bits per heavy atom. The molecule has 0 amide bonds. The number of allylic oxidation sites excluding steroid dienone is 1. The number of thiazole rings is 1. The number of nitrogens with zero attached hydrogens (tertiary/aromatic N) is 1. The third kappa shape index (κ3) is 4.66. The van der Waals surface area contributed by atoms with Gasteiger partial charge in [-0.15, -0.1) is 11.3 Å². The molecule has 1 aliphatic heterocycles. The highest BCUT2D eigenvalue weighted by Gasteiger charge is 2.33. The molecule has 1 aliphatic rings. The van der Waals surface area contributed by atoms with Gasteiger partial charge in [0.15, 0.2) is 0 Å². The summed E-state index contributed by atoms with van der Waals surface area (Å²) >= 11 is 1.65. The molecule has 34 heavy (non-hydrogen) atoms. The Balaban J connectivity index is 1.62. The molecule has 4 nitrogen and oxygen atoms in total. The molecule has 0 spiro atoms. The first-order chi connectivity index (χ1) is 16.7. The van der Waals surface area contributed by atoms with Crippen LogP contribution in [0.4, 0.5) is 0 Å². The third-order valence-corrected chi connectivity index (χ3v) is 7.05. The Kier molecular flexibility index (Phi) is 6.54. The van der Waals surface area contributed by atoms with E-state index in [0.717, 1.165) is 21.0 Å². The van der Waals surface area contributed by atoms with Crippen molar-refractivity contribution in [3.05, 3.63) is 118 Å². The molecule has 4 aromatic rings. The lowest BCUT2D eigenvalue weighted by atomic mass is 9.89. The van der Waals surface area contributed by atoms with Crippen molar-refractivity contribution in [2.75, 3.05) is 6.61 Å². The summed E-state index contributed by atoms with van der Waals surface area (Å²) in [5.41, 5.74) is 3.81. The van der Waals surface area contributed by atoms with Gasteiger partial charge in [0.25, 0.3) is 0 Å². The van der Waals surface area contributed by atoms with E-state index >= 15 is 0 Å². The Morgan fingerprint density at radius 3 is 2.29 bits per heavy atom. The minimum absolute atomic E-state index is 0.0510. The van der Waals surface area contributed by atoms with E-state index in [1.54, 1.807) is 11.3 Å². The first kappa shape index (κ1) is 22.1. The van der Waals surface area contributed by atoms with Crippen LogP contribution in [0.5, 0.6) is 5.88 Å². The van der Waals surface area contributed by atoms with Crippen molar-refractivity contribution in [1.82, 2.24) is 4.98 Å². The van der Waals surface area contributed by atoms with Crippen LogP contribution in [0.1, 0.15) is 35.3 Å². The molecule has 5 rings (SSSR count). The molecule has 1 atom stereocenters. The smallest absolute Gasteiger partial charge is 0.337 e. The highest BCUT2D eigenvalue weighted by molar-refractivity contribution is 7.15. The standard InChI is InChI=1S/C29H25NO3S/c1-2-32-29(31)24(18-20-12-6-3-7-13-20)25-19-23(21-14-8-4-9-15-21)26-27(33-25)30-28(34-26)22-16-10-5-11-17-22/h3-17,23H,2,18-19H2,1H3/b25-24-. The van der Waals surface area contributed by atoms with Crippen LogP contribution in [0.3, 0.4) is 0 Å². The van der Waals surface area contributed by atoms with Crippen LogP contribution in [0.15, 0.2) is 102 Å². The van der Waals surface area contributed by atoms with E-state index < -0.39 is 0 Å². The van der Waals surface area contributed by atoms with Gasteiger partial charge in [0, 0.05) is 24.3 Å². The molecule has 1 unspecified atom stereocenters. The molecule has 5 heteroatoms. The molecule has 0 N–H and O–H groups in total. The number of ether oxygens (including phenoxy) is 2. The first-order valence-electron chi connectivity index (χ1n) is 11.4. The monoisotopic (exact) mass is 467 g/mol. The Bertz CT molecular complexity index is 1300. The first-order valence-corrected chi connectivity index (χ1v) is 12.3. The second kappa shape index (κ2) is 10.1. The number of hydrogen-bond donors (Lipinski definition) is 0. The van der Waals surface area contributed by atoms with Crippen LogP contribution in [-0.2, 0) is 16.0 Å². The maximum absolute atomic E-state index is 13.1. The van der Waals surface area contributed by atoms with Crippen LogP contribution in [0.2, 0.25) is 0 Å². The number of carbonyl (C=O) groups is 1. The molecule has 0 bridgehead atoms. The average Bonchev–Trinajstić information content (AvgIpc) is 3.33. The summed E-state index contributed by atoms with van der Waals surface area (Å²) in [5.74, 6) is 0.924. The normalized spacial score (nSPS) is 16.3. The fourth-order valence-electron chi connectivity index (χ4n) is 4.19. The van der Waals surface area contributed by atoms with E-state index in [9.17, 15) is 4.79 Å². The lowest BCUT2D eigenvalue weighted by molar-refractivity contribution is -0.138. The summed E-state index contributed by atoms with van der Waals surface area (Å²) in [6, 6.07) is 30.4. The number of rotatable bonds is 6. The minimum atomic E-state index is -0.338. The van der Waals surface area contributed by atoms with Gasteiger partial charge in [0.2, 0.25) is 5.88 Å². The maximum atomic E-state index is 13.1. The van der Waals surface area contributed by atoms with Crippen molar-refractivity contribution in [1.29, 1.82) is 0 Å². The van der Waals surface area contributed by atoms with E-state index in [-0.39, 0.29) is 11.9 Å². The largest absolute Gasteiger partial charge is 0.463 e. The molecule has 1 aromatic heterocycles. The predicted molar refractivity (Wildman–Crippen MR) is 135 cm³/mol. The van der Waals surface area contributed by atoms with Crippen molar-refractivity contribution in [2.24, 2.45) is 0 Å². The number of fused-ring (bicyclic) bond motifs is 1. The van der Waals surface area contributed by atoms with Crippen molar-refractivity contribution in [2.45, 2.75) is 25.7 Å². The van der Waals surface area contributed by atoms with Crippen molar-refractivity contribution < 1.29 is 14.3 Å². The van der Waals surface area contributed by atoms with E-state index in [1.165, 1.54) is 5.56 Å². The molecule has 3 aromatic carbocycles. The van der Waals surface area contributed by atoms with Gasteiger partial charge < -0.3 is 9.47 Å². The number of hydrogen-bond acceptors (Lipinski definition) is 5. The number of aromatic nitrogens is 1. The molecule has 0 aliphatic carbocycles. The topological polar surface area (TPSA) is 48.4 Å². The fraction of sp³-hybridized carbons (Fsp3) is 0.172. The van der Waals surface area contributed by atoms with Crippen molar-refractivity contribution in [3.8, 4) is 16.5 Å². The third-order valence-electron chi connectivity index (χ3n) is 5.85. The average molecular weight is 468 g/mol. The van der Waals surface area contributed by atoms with E-state index in [2.05, 4.69) is 24.3 Å². The lowest BCUT2D eigenvalue weighted by Crippen LogP contribution is -2.20. The van der Waals surface area contributed by atoms with Gasteiger partial charge >= 0.3 is 5.97 Å². The van der Waals surface area contributed by atoms with Crippen molar-refractivity contribution in [3.63, 3.8) is 0 Å². The lowest BCUT2D eigenvalue weighted by Gasteiger charge is -2.26. The quantitative estimate of drug-likeness (QED) is 0.232. The number of benzene rings is 3. The molecular weight excluding hydrogens is 442 g/mol. The molecule has 2 heterocycles. The minimum Gasteiger partial charge on any atom is -0.463 e. The molecular formula is C29H25NO3S. The van der Waals surface area contributed by atoms with Gasteiger partial charge in [-0.2, -0.15) is 0 Å². The second-order valence-corrected chi connectivity index (χ2v) is 9.14. The molecule has 170 valence electrons. The Labute approximate surface area is 203 Å². The highest BCUT2D eigenvalue weighted by Crippen LogP contribution is 2.47. The van der Waals surface area contributed by atoms with Crippen LogP contribution in [0.25, 0.3) is 10.6 Å². The van der Waals surface area contributed by atoms with Crippen LogP contribution >= 0.6 is 11.3 Å². The Morgan fingerprint density at radius 2 is 1.62 bits per heavy atom. The summed E-state index contributed by atoms with van der Waals surface area (Å²) < 4.78 is 11.8. The molecule has 0 saturated carbocycles. The van der Waals surface area contributed by atoms with Crippen LogP contribution in [0, 0.1) is 0 Å². The van der Waals surface area contributed by atoms with E-state index in [0.29, 0.717) is 36.7 Å². The maximum Gasteiger partial charge on any atom is 0.337 e. The second-order valence-electron chi connectivity index (χ2n) is 8.11. The zero-order valence-corrected chi connectivity index (χ0v) is 19.8. The van der Waals surface area contributed by atoms with Gasteiger partial charge in [0.1, 0.15) is 10.8 Å². The van der Waals surface area contributed by atoms with Gasteiger partial charge in [-0.25, -0.2) is 9.78 Å². The van der Waals surface area contributed by atoms with E-state index in [1.807, 2.05) is 73.7 Å². The SMILES string of the molecule is CCOC(=O)/C(Cc1ccccc1)=C1/CC(c2ccccc2)c2sc(-c3ccccc3)nc2O1. The summed E-state index contributed by atoms with van der Waals surface area (Å²) in [6.07, 6.45) is 1.02. The molecule has 0 fully saturated rings. The van der Waals surface area contributed by atoms with Gasteiger partial charge in [-0.05, 0) is 18.1 Å². The Hall–Kier alpha value is -3.70. The summed E-state index contributed by atoms with van der Waals surface area (Å²) in [7, 11) is 0. The van der Waals surface area contributed by atoms with Gasteiger partial charge in [-0.1, -0.05) is 91.0 Å². The van der Waals surface area contributed by atoms with Gasteiger partial charge in [0.05, 0.1) is 17.1 Å². The summed E-state index contributed by atoms with van der Waals surface area (Å²) in [4.78, 5) is 19.0.